The zero-order valence-electron chi connectivity index (χ0n) is 9.90. The molecule has 0 aliphatic rings. The molecule has 0 bridgehead atoms. The van der Waals surface area contributed by atoms with Gasteiger partial charge in [-0.2, -0.15) is 0 Å². The van der Waals surface area contributed by atoms with Crippen molar-refractivity contribution in [2.24, 2.45) is 0 Å². The third kappa shape index (κ3) is 2.90. The zero-order chi connectivity index (χ0) is 12.4. The third-order valence-corrected chi connectivity index (χ3v) is 2.86. The molecule has 1 aromatic heterocycles. The molecule has 2 nitrogen and oxygen atoms in total. The Balaban J connectivity index is 2.33. The molecule has 1 aromatic carbocycles. The summed E-state index contributed by atoms with van der Waals surface area (Å²) in [5, 5.41) is 10.00. The Labute approximate surface area is 106 Å². The second-order valence-corrected chi connectivity index (χ2v) is 4.71. The molecule has 0 spiro atoms. The SMILES string of the molecule is Cc1ccc(Cl)cc1-c1ccc(CC(C)O)o1. The molecule has 1 heterocycles. The lowest BCUT2D eigenvalue weighted by molar-refractivity contribution is 0.187. The van der Waals surface area contributed by atoms with Crippen LogP contribution in [0.25, 0.3) is 11.3 Å². The quantitative estimate of drug-likeness (QED) is 0.898. The van der Waals surface area contributed by atoms with E-state index in [1.165, 1.54) is 0 Å². The van der Waals surface area contributed by atoms with E-state index in [-0.39, 0.29) is 0 Å². The monoisotopic (exact) mass is 250 g/mol. The van der Waals surface area contributed by atoms with Gasteiger partial charge < -0.3 is 9.52 Å². The van der Waals surface area contributed by atoms with Crippen LogP contribution in [0.15, 0.2) is 34.7 Å². The Morgan fingerprint density at radius 2 is 2.06 bits per heavy atom. The third-order valence-electron chi connectivity index (χ3n) is 2.62. The van der Waals surface area contributed by atoms with Gasteiger partial charge in [-0.05, 0) is 43.7 Å². The zero-order valence-corrected chi connectivity index (χ0v) is 10.7. The Morgan fingerprint density at radius 3 is 2.76 bits per heavy atom. The van der Waals surface area contributed by atoms with Gasteiger partial charge in [-0.1, -0.05) is 17.7 Å². The summed E-state index contributed by atoms with van der Waals surface area (Å²) in [4.78, 5) is 0. The summed E-state index contributed by atoms with van der Waals surface area (Å²) in [6.45, 7) is 3.76. The van der Waals surface area contributed by atoms with Crippen molar-refractivity contribution in [2.75, 3.05) is 0 Å². The second kappa shape index (κ2) is 4.94. The second-order valence-electron chi connectivity index (χ2n) is 4.28. The fourth-order valence-corrected chi connectivity index (χ4v) is 1.96. The summed E-state index contributed by atoms with van der Waals surface area (Å²) in [6.07, 6.45) is 0.133. The molecular weight excluding hydrogens is 236 g/mol. The molecule has 0 aliphatic heterocycles. The van der Waals surface area contributed by atoms with E-state index in [1.807, 2.05) is 37.3 Å². The molecule has 0 saturated carbocycles. The number of aliphatic hydroxyl groups excluding tert-OH is 1. The first kappa shape index (κ1) is 12.2. The van der Waals surface area contributed by atoms with Crippen molar-refractivity contribution in [3.8, 4) is 11.3 Å². The first-order chi connectivity index (χ1) is 8.06. The first-order valence-electron chi connectivity index (χ1n) is 5.59. The molecular formula is C14H15ClO2. The Bertz CT molecular complexity index is 515. The Morgan fingerprint density at radius 1 is 1.29 bits per heavy atom. The van der Waals surface area contributed by atoms with Gasteiger partial charge in [0.15, 0.2) is 0 Å². The number of aryl methyl sites for hydroxylation is 1. The number of benzene rings is 1. The lowest BCUT2D eigenvalue weighted by Crippen LogP contribution is -2.02. The van der Waals surface area contributed by atoms with E-state index >= 15 is 0 Å². The molecule has 1 atom stereocenters. The molecule has 0 amide bonds. The Kier molecular flexibility index (Phi) is 3.55. The molecule has 1 N–H and O–H groups in total. The standard InChI is InChI=1S/C14H15ClO2/c1-9-3-4-11(15)8-13(9)14-6-5-12(17-14)7-10(2)16/h3-6,8,10,16H,7H2,1-2H3. The number of furan rings is 1. The fraction of sp³-hybridized carbons (Fsp3) is 0.286. The number of rotatable bonds is 3. The maximum Gasteiger partial charge on any atom is 0.134 e. The Hall–Kier alpha value is -1.25. The number of aliphatic hydroxyl groups is 1. The summed E-state index contributed by atoms with van der Waals surface area (Å²) < 4.78 is 5.70. The smallest absolute Gasteiger partial charge is 0.134 e. The van der Waals surface area contributed by atoms with Crippen LogP contribution in [0.3, 0.4) is 0 Å². The van der Waals surface area contributed by atoms with Crippen LogP contribution in [0.4, 0.5) is 0 Å². The summed E-state index contributed by atoms with van der Waals surface area (Å²) >= 11 is 5.98. The largest absolute Gasteiger partial charge is 0.461 e. The minimum Gasteiger partial charge on any atom is -0.461 e. The molecule has 17 heavy (non-hydrogen) atoms. The molecule has 0 saturated heterocycles. The van der Waals surface area contributed by atoms with Gasteiger partial charge in [0, 0.05) is 17.0 Å². The molecule has 1 unspecified atom stereocenters. The van der Waals surface area contributed by atoms with Gasteiger partial charge in [-0.15, -0.1) is 0 Å². The topological polar surface area (TPSA) is 33.4 Å². The van der Waals surface area contributed by atoms with E-state index < -0.39 is 6.10 Å². The lowest BCUT2D eigenvalue weighted by Gasteiger charge is -2.04. The number of halogens is 1. The van der Waals surface area contributed by atoms with Gasteiger partial charge in [0.25, 0.3) is 0 Å². The predicted octanol–water partition coefficient (Wildman–Crippen LogP) is 3.83. The van der Waals surface area contributed by atoms with Crippen LogP contribution in [0.1, 0.15) is 18.2 Å². The van der Waals surface area contributed by atoms with E-state index in [4.69, 9.17) is 16.0 Å². The maximum absolute atomic E-state index is 9.30. The van der Waals surface area contributed by atoms with E-state index in [1.54, 1.807) is 6.92 Å². The van der Waals surface area contributed by atoms with Crippen LogP contribution >= 0.6 is 11.6 Å². The molecule has 0 fully saturated rings. The first-order valence-corrected chi connectivity index (χ1v) is 5.97. The van der Waals surface area contributed by atoms with Crippen molar-refractivity contribution in [3.63, 3.8) is 0 Å². The van der Waals surface area contributed by atoms with E-state index in [0.29, 0.717) is 11.4 Å². The van der Waals surface area contributed by atoms with Crippen LogP contribution in [0, 0.1) is 6.92 Å². The summed E-state index contributed by atoms with van der Waals surface area (Å²) in [5.74, 6) is 1.58. The van der Waals surface area contributed by atoms with Gasteiger partial charge >= 0.3 is 0 Å². The molecule has 0 aliphatic carbocycles. The summed E-state index contributed by atoms with van der Waals surface area (Å²) in [7, 11) is 0. The van der Waals surface area contributed by atoms with Crippen LogP contribution < -0.4 is 0 Å². The van der Waals surface area contributed by atoms with Gasteiger partial charge in [0.2, 0.25) is 0 Å². The average molecular weight is 251 g/mol. The number of hydrogen-bond donors (Lipinski definition) is 1. The molecule has 0 radical (unpaired) electrons. The normalized spacial score (nSPS) is 12.7. The van der Waals surface area contributed by atoms with Crippen LogP contribution in [-0.2, 0) is 6.42 Å². The lowest BCUT2D eigenvalue weighted by atomic mass is 10.1. The van der Waals surface area contributed by atoms with Crippen molar-refractivity contribution in [3.05, 3.63) is 46.7 Å². The summed E-state index contributed by atoms with van der Waals surface area (Å²) in [5.41, 5.74) is 2.11. The van der Waals surface area contributed by atoms with Crippen molar-refractivity contribution in [1.29, 1.82) is 0 Å². The van der Waals surface area contributed by atoms with Crippen molar-refractivity contribution in [2.45, 2.75) is 26.4 Å². The highest BCUT2D eigenvalue weighted by atomic mass is 35.5. The van der Waals surface area contributed by atoms with E-state index in [0.717, 1.165) is 22.6 Å². The number of hydrogen-bond acceptors (Lipinski definition) is 2. The minimum absolute atomic E-state index is 0.394. The van der Waals surface area contributed by atoms with Gasteiger partial charge in [-0.3, -0.25) is 0 Å². The van der Waals surface area contributed by atoms with Gasteiger partial charge in [-0.25, -0.2) is 0 Å². The van der Waals surface area contributed by atoms with E-state index in [2.05, 4.69) is 0 Å². The van der Waals surface area contributed by atoms with Crippen LogP contribution in [0.2, 0.25) is 5.02 Å². The summed E-state index contributed by atoms with van der Waals surface area (Å²) in [6, 6.07) is 9.52. The molecule has 2 rings (SSSR count). The predicted molar refractivity (Wildman–Crippen MR) is 69.3 cm³/mol. The van der Waals surface area contributed by atoms with Gasteiger partial charge in [0.05, 0.1) is 6.10 Å². The van der Waals surface area contributed by atoms with Crippen LogP contribution in [0.5, 0.6) is 0 Å². The van der Waals surface area contributed by atoms with E-state index in [9.17, 15) is 5.11 Å². The fourth-order valence-electron chi connectivity index (χ4n) is 1.78. The highest BCUT2D eigenvalue weighted by Crippen LogP contribution is 2.28. The molecule has 3 heteroatoms. The highest BCUT2D eigenvalue weighted by molar-refractivity contribution is 6.30. The minimum atomic E-state index is -0.394. The maximum atomic E-state index is 9.30. The molecule has 2 aromatic rings. The average Bonchev–Trinajstić information content (AvgIpc) is 2.69. The van der Waals surface area contributed by atoms with Crippen molar-refractivity contribution >= 4 is 11.6 Å². The van der Waals surface area contributed by atoms with Gasteiger partial charge in [0.1, 0.15) is 11.5 Å². The van der Waals surface area contributed by atoms with Crippen molar-refractivity contribution < 1.29 is 9.52 Å². The van der Waals surface area contributed by atoms with Crippen molar-refractivity contribution in [1.82, 2.24) is 0 Å². The molecule has 90 valence electrons. The van der Waals surface area contributed by atoms with Crippen LogP contribution in [-0.4, -0.2) is 11.2 Å². The highest BCUT2D eigenvalue weighted by Gasteiger charge is 2.09.